The average Bonchev–Trinajstić information content (AvgIpc) is 3.51. The van der Waals surface area contributed by atoms with Crippen LogP contribution in [0.2, 0.25) is 5.02 Å². The molecule has 0 saturated carbocycles. The predicted octanol–water partition coefficient (Wildman–Crippen LogP) is 6.30. The van der Waals surface area contributed by atoms with E-state index in [9.17, 15) is 4.79 Å². The van der Waals surface area contributed by atoms with Gasteiger partial charge in [-0.3, -0.25) is 9.78 Å². The molecule has 2 unspecified atom stereocenters. The summed E-state index contributed by atoms with van der Waals surface area (Å²) in [5.74, 6) is -0.230. The highest BCUT2D eigenvalue weighted by molar-refractivity contribution is 7.80. The molecule has 2 N–H and O–H groups in total. The predicted molar refractivity (Wildman–Crippen MR) is 149 cm³/mol. The highest BCUT2D eigenvalue weighted by Gasteiger charge is 2.41. The Kier molecular flexibility index (Phi) is 6.76. The van der Waals surface area contributed by atoms with E-state index >= 15 is 0 Å². The molecular weight excluding hydrogens is 490 g/mol. The Morgan fingerprint density at radius 3 is 2.53 bits per heavy atom. The number of pyridine rings is 1. The lowest BCUT2D eigenvalue weighted by Crippen LogP contribution is -2.29. The molecule has 1 aliphatic heterocycles. The van der Waals surface area contributed by atoms with E-state index in [1.165, 1.54) is 0 Å². The van der Waals surface area contributed by atoms with Gasteiger partial charge in [-0.25, -0.2) is 0 Å². The maximum absolute atomic E-state index is 12.2. The molecule has 0 spiro atoms. The summed E-state index contributed by atoms with van der Waals surface area (Å²) >= 11 is 12.4. The molecule has 1 saturated heterocycles. The lowest BCUT2D eigenvalue weighted by molar-refractivity contribution is -0.118. The van der Waals surface area contributed by atoms with Crippen molar-refractivity contribution in [2.24, 2.45) is 5.92 Å². The smallest absolute Gasteiger partial charge is 0.226 e. The number of hydrogen-bond acceptors (Lipinski definition) is 3. The van der Waals surface area contributed by atoms with E-state index in [1.807, 2.05) is 68.4 Å². The summed E-state index contributed by atoms with van der Waals surface area (Å²) in [5, 5.41) is 7.39. The summed E-state index contributed by atoms with van der Waals surface area (Å²) in [7, 11) is 0. The van der Waals surface area contributed by atoms with E-state index in [4.69, 9.17) is 23.8 Å². The number of aromatic nitrogens is 2. The molecule has 2 aromatic heterocycles. The highest BCUT2D eigenvalue weighted by atomic mass is 35.5. The maximum Gasteiger partial charge on any atom is 0.226 e. The third-order valence-electron chi connectivity index (χ3n) is 6.22. The third-order valence-corrected chi connectivity index (χ3v) is 6.85. The van der Waals surface area contributed by atoms with Gasteiger partial charge in [0.15, 0.2) is 5.11 Å². The summed E-state index contributed by atoms with van der Waals surface area (Å²) < 4.78 is 2.10. The molecule has 1 amide bonds. The standard InChI is InChI=1S/C28H26ClN5OS/c1-18(2)27(35)31-23-12-11-21(16-22(23)29)34-26(25(32-28(34)36)24-10-6-7-14-30-24)19-13-15-33(17-19)20-8-4-3-5-9-20/h3-18,25-26H,1-2H3,(H,31,35)(H,32,36). The van der Waals surface area contributed by atoms with Crippen LogP contribution in [0.5, 0.6) is 0 Å². The molecule has 182 valence electrons. The number of para-hydroxylation sites is 1. The van der Waals surface area contributed by atoms with Gasteiger partial charge in [0.2, 0.25) is 5.91 Å². The van der Waals surface area contributed by atoms with Crippen LogP contribution in [-0.4, -0.2) is 20.6 Å². The van der Waals surface area contributed by atoms with Gasteiger partial charge in [-0.2, -0.15) is 0 Å². The molecule has 0 radical (unpaired) electrons. The number of amides is 1. The van der Waals surface area contributed by atoms with Gasteiger partial charge in [-0.1, -0.05) is 49.7 Å². The number of hydrogen-bond donors (Lipinski definition) is 2. The zero-order valence-electron chi connectivity index (χ0n) is 19.9. The van der Waals surface area contributed by atoms with Crippen molar-refractivity contribution < 1.29 is 4.79 Å². The fraction of sp³-hybridized carbons (Fsp3) is 0.179. The zero-order valence-corrected chi connectivity index (χ0v) is 21.5. The van der Waals surface area contributed by atoms with Crippen molar-refractivity contribution in [3.63, 3.8) is 0 Å². The normalized spacial score (nSPS) is 17.3. The second-order valence-corrected chi connectivity index (χ2v) is 9.79. The molecule has 1 fully saturated rings. The van der Waals surface area contributed by atoms with Gasteiger partial charge in [-0.05, 0) is 66.3 Å². The van der Waals surface area contributed by atoms with Crippen LogP contribution < -0.4 is 15.5 Å². The number of benzene rings is 2. The van der Waals surface area contributed by atoms with Crippen LogP contribution in [-0.2, 0) is 4.79 Å². The minimum atomic E-state index is -0.163. The van der Waals surface area contributed by atoms with Crippen molar-refractivity contribution in [3.05, 3.63) is 108 Å². The third kappa shape index (κ3) is 4.72. The number of nitrogens with one attached hydrogen (secondary N) is 2. The summed E-state index contributed by atoms with van der Waals surface area (Å²) in [6, 6.07) is 23.4. The van der Waals surface area contributed by atoms with Crippen molar-refractivity contribution in [1.29, 1.82) is 0 Å². The molecule has 6 nitrogen and oxygen atoms in total. The molecular formula is C28H26ClN5OS. The van der Waals surface area contributed by atoms with E-state index in [0.717, 1.165) is 22.6 Å². The van der Waals surface area contributed by atoms with Gasteiger partial charge in [-0.15, -0.1) is 0 Å². The van der Waals surface area contributed by atoms with Gasteiger partial charge < -0.3 is 20.1 Å². The summed E-state index contributed by atoms with van der Waals surface area (Å²) in [6.07, 6.45) is 5.96. The first-order chi connectivity index (χ1) is 17.4. The summed E-state index contributed by atoms with van der Waals surface area (Å²) in [5.41, 5.74) is 4.45. The topological polar surface area (TPSA) is 62.2 Å². The van der Waals surface area contributed by atoms with Crippen LogP contribution in [0.4, 0.5) is 11.4 Å². The number of thiocarbonyl (C=S) groups is 1. The van der Waals surface area contributed by atoms with Gasteiger partial charge in [0.1, 0.15) is 0 Å². The number of anilines is 2. The quantitative estimate of drug-likeness (QED) is 0.295. The van der Waals surface area contributed by atoms with Crippen molar-refractivity contribution >= 4 is 46.2 Å². The Morgan fingerprint density at radius 2 is 1.83 bits per heavy atom. The van der Waals surface area contributed by atoms with Gasteiger partial charge in [0.05, 0.1) is 28.5 Å². The number of carbonyl (C=O) groups excluding carboxylic acids is 1. The van der Waals surface area contributed by atoms with Crippen LogP contribution >= 0.6 is 23.8 Å². The summed E-state index contributed by atoms with van der Waals surface area (Å²) in [6.45, 7) is 3.69. The minimum Gasteiger partial charge on any atom is -0.351 e. The number of rotatable bonds is 6. The van der Waals surface area contributed by atoms with Crippen molar-refractivity contribution in [1.82, 2.24) is 14.9 Å². The molecule has 0 aliphatic carbocycles. The molecule has 4 aromatic rings. The van der Waals surface area contributed by atoms with E-state index < -0.39 is 0 Å². The van der Waals surface area contributed by atoms with Crippen LogP contribution in [0.15, 0.2) is 91.4 Å². The Bertz CT molecular complexity index is 1390. The molecule has 8 heteroatoms. The van der Waals surface area contributed by atoms with Crippen molar-refractivity contribution in [3.8, 4) is 5.69 Å². The van der Waals surface area contributed by atoms with Crippen LogP contribution in [0.3, 0.4) is 0 Å². The monoisotopic (exact) mass is 515 g/mol. The zero-order chi connectivity index (χ0) is 25.2. The second-order valence-electron chi connectivity index (χ2n) is 8.99. The molecule has 3 heterocycles. The number of carbonyl (C=O) groups is 1. The SMILES string of the molecule is CC(C)C(=O)Nc1ccc(N2C(=S)NC(c3ccccn3)C2c2ccn(-c3ccccc3)c2)cc1Cl. The Hall–Kier alpha value is -3.68. The minimum absolute atomic E-state index is 0.0849. The fourth-order valence-electron chi connectivity index (χ4n) is 4.35. The Balaban J connectivity index is 1.54. The van der Waals surface area contributed by atoms with E-state index in [0.29, 0.717) is 15.8 Å². The number of nitrogens with zero attached hydrogens (tertiary/aromatic N) is 3. The molecule has 2 atom stereocenters. The van der Waals surface area contributed by atoms with Crippen molar-refractivity contribution in [2.45, 2.75) is 25.9 Å². The molecule has 0 bridgehead atoms. The van der Waals surface area contributed by atoms with Crippen LogP contribution in [0.25, 0.3) is 5.69 Å². The highest BCUT2D eigenvalue weighted by Crippen LogP contribution is 2.43. The largest absolute Gasteiger partial charge is 0.351 e. The van der Waals surface area contributed by atoms with Crippen LogP contribution in [0, 0.1) is 5.92 Å². The lowest BCUT2D eigenvalue weighted by Gasteiger charge is -2.27. The molecule has 36 heavy (non-hydrogen) atoms. The maximum atomic E-state index is 12.2. The van der Waals surface area contributed by atoms with Gasteiger partial charge in [0, 0.05) is 35.9 Å². The molecule has 5 rings (SSSR count). The fourth-order valence-corrected chi connectivity index (χ4v) is 4.92. The first-order valence-corrected chi connectivity index (χ1v) is 12.6. The van der Waals surface area contributed by atoms with Crippen LogP contribution in [0.1, 0.15) is 37.2 Å². The number of halogens is 1. The van der Waals surface area contributed by atoms with E-state index in [2.05, 4.69) is 55.7 Å². The first-order valence-electron chi connectivity index (χ1n) is 11.8. The van der Waals surface area contributed by atoms with Gasteiger partial charge >= 0.3 is 0 Å². The average molecular weight is 516 g/mol. The molecule has 2 aromatic carbocycles. The Morgan fingerprint density at radius 1 is 1.06 bits per heavy atom. The first kappa shape index (κ1) is 24.0. The Labute approximate surface area is 220 Å². The van der Waals surface area contributed by atoms with E-state index in [-0.39, 0.29) is 23.9 Å². The lowest BCUT2D eigenvalue weighted by atomic mass is 9.98. The van der Waals surface area contributed by atoms with Gasteiger partial charge in [0.25, 0.3) is 0 Å². The molecule has 1 aliphatic rings. The van der Waals surface area contributed by atoms with E-state index in [1.54, 1.807) is 6.20 Å². The summed E-state index contributed by atoms with van der Waals surface area (Å²) in [4.78, 5) is 18.9. The second kappa shape index (κ2) is 10.1. The van der Waals surface area contributed by atoms with Crippen molar-refractivity contribution in [2.75, 3.05) is 10.2 Å².